The number of likely N-dealkylation sites (tertiary alicyclic amines) is 1. The van der Waals surface area contributed by atoms with E-state index >= 15 is 0 Å². The van der Waals surface area contributed by atoms with E-state index in [4.69, 9.17) is 4.74 Å². The van der Waals surface area contributed by atoms with Crippen molar-refractivity contribution in [2.75, 3.05) is 13.1 Å². The molecule has 1 aliphatic rings. The number of ether oxygens (including phenoxy) is 1. The summed E-state index contributed by atoms with van der Waals surface area (Å²) in [7, 11) is 0. The summed E-state index contributed by atoms with van der Waals surface area (Å²) in [5.41, 5.74) is -0.404. The fourth-order valence-corrected chi connectivity index (χ4v) is 2.15. The van der Waals surface area contributed by atoms with E-state index in [1.807, 2.05) is 20.8 Å². The maximum Gasteiger partial charge on any atom is 0.335 e. The summed E-state index contributed by atoms with van der Waals surface area (Å²) in [6.07, 6.45) is 3.61. The van der Waals surface area contributed by atoms with Crippen LogP contribution in [0.25, 0.3) is 0 Å². The molecule has 0 saturated carbocycles. The maximum absolute atomic E-state index is 11.7. The Balaban J connectivity index is 2.44. The Labute approximate surface area is 100 Å². The number of nitrogens with zero attached hydrogens (tertiary/aromatic N) is 1. The zero-order valence-electron chi connectivity index (χ0n) is 9.75. The largest absolute Gasteiger partial charge is 0.458 e. The van der Waals surface area contributed by atoms with Gasteiger partial charge in [0.05, 0.1) is 0 Å². The zero-order chi connectivity index (χ0) is 11.5. The fraction of sp³-hybridized carbons (Fsp3) is 0.909. The Morgan fingerprint density at radius 2 is 1.80 bits per heavy atom. The molecule has 88 valence electrons. The van der Waals surface area contributed by atoms with Crippen molar-refractivity contribution >= 4 is 21.9 Å². The smallest absolute Gasteiger partial charge is 0.335 e. The molecule has 3 nitrogen and oxygen atoms in total. The van der Waals surface area contributed by atoms with Crippen molar-refractivity contribution in [2.24, 2.45) is 0 Å². The molecule has 0 N–H and O–H groups in total. The Hall–Kier alpha value is -0.0900. The molecule has 0 aliphatic carbocycles. The number of carbonyl (C=O) groups is 1. The molecular formula is C11H20BrNO2. The Bertz CT molecular complexity index is 219. The lowest BCUT2D eigenvalue weighted by Gasteiger charge is -2.31. The van der Waals surface area contributed by atoms with Crippen molar-refractivity contribution < 1.29 is 9.53 Å². The van der Waals surface area contributed by atoms with Gasteiger partial charge in [-0.3, -0.25) is 4.90 Å². The standard InChI is InChI=1S/C11H20BrNO2/c1-11(2,3)15-10(14)9(12)13-7-5-4-6-8-13/h9H,4-8H2,1-3H3. The first kappa shape index (κ1) is 13.0. The van der Waals surface area contributed by atoms with Gasteiger partial charge in [0.25, 0.3) is 0 Å². The normalized spacial score (nSPS) is 21.1. The molecule has 4 heteroatoms. The van der Waals surface area contributed by atoms with E-state index < -0.39 is 5.60 Å². The van der Waals surface area contributed by atoms with Gasteiger partial charge in [-0.25, -0.2) is 4.79 Å². The minimum absolute atomic E-state index is 0.176. The van der Waals surface area contributed by atoms with E-state index in [9.17, 15) is 4.79 Å². The van der Waals surface area contributed by atoms with E-state index in [1.165, 1.54) is 19.3 Å². The van der Waals surface area contributed by atoms with Gasteiger partial charge in [0, 0.05) is 0 Å². The van der Waals surface area contributed by atoms with Crippen LogP contribution >= 0.6 is 15.9 Å². The van der Waals surface area contributed by atoms with Crippen LogP contribution in [0.3, 0.4) is 0 Å². The summed E-state index contributed by atoms with van der Waals surface area (Å²) in [6.45, 7) is 7.63. The molecule has 1 fully saturated rings. The van der Waals surface area contributed by atoms with Crippen LogP contribution in [-0.4, -0.2) is 34.5 Å². The van der Waals surface area contributed by atoms with Gasteiger partial charge in [0.15, 0.2) is 4.95 Å². The van der Waals surface area contributed by atoms with Crippen LogP contribution in [0.5, 0.6) is 0 Å². The summed E-state index contributed by atoms with van der Waals surface area (Å²) in [4.78, 5) is 13.6. The highest BCUT2D eigenvalue weighted by molar-refractivity contribution is 9.09. The Morgan fingerprint density at radius 1 is 1.27 bits per heavy atom. The lowest BCUT2D eigenvalue weighted by molar-refractivity contribution is -0.157. The topological polar surface area (TPSA) is 29.5 Å². The van der Waals surface area contributed by atoms with Crippen LogP contribution in [0, 0.1) is 0 Å². The van der Waals surface area contributed by atoms with Gasteiger partial charge in [-0.2, -0.15) is 0 Å². The fourth-order valence-electron chi connectivity index (χ4n) is 1.64. The third-order valence-electron chi connectivity index (χ3n) is 2.31. The molecular weight excluding hydrogens is 258 g/mol. The number of hydrogen-bond acceptors (Lipinski definition) is 3. The van der Waals surface area contributed by atoms with Crippen molar-refractivity contribution in [3.8, 4) is 0 Å². The number of alkyl halides is 1. The summed E-state index contributed by atoms with van der Waals surface area (Å²) in [5, 5.41) is 0. The van der Waals surface area contributed by atoms with Gasteiger partial charge in [0.2, 0.25) is 0 Å². The number of rotatable bonds is 2. The zero-order valence-corrected chi connectivity index (χ0v) is 11.3. The first-order chi connectivity index (χ1) is 6.90. The third kappa shape index (κ3) is 4.51. The SMILES string of the molecule is CC(C)(C)OC(=O)C(Br)N1CCCCC1. The minimum Gasteiger partial charge on any atom is -0.458 e. The first-order valence-corrected chi connectivity index (χ1v) is 6.43. The molecule has 0 aromatic carbocycles. The number of carbonyl (C=O) groups excluding carboxylic acids is 1. The molecule has 1 heterocycles. The molecule has 0 spiro atoms. The predicted molar refractivity (Wildman–Crippen MR) is 64.0 cm³/mol. The van der Waals surface area contributed by atoms with Gasteiger partial charge >= 0.3 is 5.97 Å². The van der Waals surface area contributed by atoms with Crippen molar-refractivity contribution in [2.45, 2.75) is 50.6 Å². The van der Waals surface area contributed by atoms with E-state index in [2.05, 4.69) is 20.8 Å². The quantitative estimate of drug-likeness (QED) is 0.441. The lowest BCUT2D eigenvalue weighted by Crippen LogP contribution is -2.43. The van der Waals surface area contributed by atoms with E-state index in [0.29, 0.717) is 0 Å². The molecule has 0 amide bonds. The Kier molecular flexibility index (Phi) is 4.59. The molecule has 1 rings (SSSR count). The predicted octanol–water partition coefficient (Wildman–Crippen LogP) is 2.54. The number of hydrogen-bond donors (Lipinski definition) is 0. The van der Waals surface area contributed by atoms with E-state index in [0.717, 1.165) is 13.1 Å². The van der Waals surface area contributed by atoms with Crippen molar-refractivity contribution in [3.63, 3.8) is 0 Å². The molecule has 1 atom stereocenters. The molecule has 1 unspecified atom stereocenters. The summed E-state index contributed by atoms with van der Waals surface area (Å²) >= 11 is 3.41. The highest BCUT2D eigenvalue weighted by Crippen LogP contribution is 2.19. The average molecular weight is 278 g/mol. The van der Waals surface area contributed by atoms with E-state index in [1.54, 1.807) is 0 Å². The molecule has 1 aliphatic heterocycles. The second kappa shape index (κ2) is 5.30. The molecule has 0 aromatic rings. The van der Waals surface area contributed by atoms with Crippen molar-refractivity contribution in [1.82, 2.24) is 4.90 Å². The van der Waals surface area contributed by atoms with Gasteiger partial charge < -0.3 is 4.74 Å². The summed E-state index contributed by atoms with van der Waals surface area (Å²) < 4.78 is 5.33. The second-order valence-electron chi connectivity index (χ2n) is 4.97. The molecule has 0 bridgehead atoms. The highest BCUT2D eigenvalue weighted by atomic mass is 79.9. The van der Waals surface area contributed by atoms with Crippen molar-refractivity contribution in [3.05, 3.63) is 0 Å². The second-order valence-corrected chi connectivity index (χ2v) is 5.83. The first-order valence-electron chi connectivity index (χ1n) is 5.51. The average Bonchev–Trinajstić information content (AvgIpc) is 2.15. The minimum atomic E-state index is -0.404. The highest BCUT2D eigenvalue weighted by Gasteiger charge is 2.28. The van der Waals surface area contributed by atoms with Gasteiger partial charge in [-0.05, 0) is 46.7 Å². The molecule has 1 saturated heterocycles. The third-order valence-corrected chi connectivity index (χ3v) is 3.27. The maximum atomic E-state index is 11.7. The Morgan fingerprint density at radius 3 is 2.27 bits per heavy atom. The van der Waals surface area contributed by atoms with Crippen LogP contribution in [0.15, 0.2) is 0 Å². The van der Waals surface area contributed by atoms with Crippen molar-refractivity contribution in [1.29, 1.82) is 0 Å². The molecule has 0 radical (unpaired) electrons. The van der Waals surface area contributed by atoms with Crippen LogP contribution in [0.2, 0.25) is 0 Å². The lowest BCUT2D eigenvalue weighted by atomic mass is 10.1. The van der Waals surface area contributed by atoms with Crippen LogP contribution < -0.4 is 0 Å². The van der Waals surface area contributed by atoms with Crippen LogP contribution in [0.4, 0.5) is 0 Å². The van der Waals surface area contributed by atoms with Gasteiger partial charge in [-0.15, -0.1) is 0 Å². The van der Waals surface area contributed by atoms with Crippen LogP contribution in [-0.2, 0) is 9.53 Å². The van der Waals surface area contributed by atoms with Crippen LogP contribution in [0.1, 0.15) is 40.0 Å². The summed E-state index contributed by atoms with van der Waals surface area (Å²) in [6, 6.07) is 0. The van der Waals surface area contributed by atoms with E-state index in [-0.39, 0.29) is 10.9 Å². The molecule has 15 heavy (non-hydrogen) atoms. The van der Waals surface area contributed by atoms with Gasteiger partial charge in [-0.1, -0.05) is 22.4 Å². The molecule has 0 aromatic heterocycles. The number of esters is 1. The summed E-state index contributed by atoms with van der Waals surface area (Å²) in [5.74, 6) is -0.176. The number of halogens is 1. The number of piperidine rings is 1. The monoisotopic (exact) mass is 277 g/mol. The van der Waals surface area contributed by atoms with Gasteiger partial charge in [0.1, 0.15) is 5.60 Å².